The molecule has 30 heavy (non-hydrogen) atoms. The molecule has 0 saturated carbocycles. The van der Waals surface area contributed by atoms with Gasteiger partial charge in [0.15, 0.2) is 17.3 Å². The molecule has 2 aromatic heterocycles. The summed E-state index contributed by atoms with van der Waals surface area (Å²) in [4.78, 5) is 28.6. The zero-order valence-electron chi connectivity index (χ0n) is 14.9. The fourth-order valence-corrected chi connectivity index (χ4v) is 3.27. The van der Waals surface area contributed by atoms with Crippen LogP contribution in [0.2, 0.25) is 15.1 Å². The number of Topliss-reactive ketones (excluding diaryl/α,β-unsaturated/α-hetero) is 1. The summed E-state index contributed by atoms with van der Waals surface area (Å²) >= 11 is 18.0. The topological polar surface area (TPSA) is 76.9 Å². The second-order valence-corrected chi connectivity index (χ2v) is 7.20. The second-order valence-electron chi connectivity index (χ2n) is 5.95. The Morgan fingerprint density at radius 2 is 1.80 bits per heavy atom. The molecule has 12 heteroatoms. The maximum Gasteiger partial charge on any atom is 0.435 e. The van der Waals surface area contributed by atoms with Gasteiger partial charge in [0.1, 0.15) is 5.69 Å². The number of carbonyl (C=O) groups excluding carboxylic acids is 2. The molecule has 156 valence electrons. The molecule has 1 aromatic carbocycles. The molecule has 0 aliphatic rings. The van der Waals surface area contributed by atoms with Crippen LogP contribution < -0.4 is 5.32 Å². The Bertz CT molecular complexity index is 1160. The molecule has 0 aliphatic carbocycles. The van der Waals surface area contributed by atoms with E-state index in [0.717, 1.165) is 0 Å². The lowest BCUT2D eigenvalue weighted by Gasteiger charge is -2.13. The van der Waals surface area contributed by atoms with Gasteiger partial charge >= 0.3 is 6.18 Å². The molecule has 0 fully saturated rings. The highest BCUT2D eigenvalue weighted by atomic mass is 35.5. The van der Waals surface area contributed by atoms with Gasteiger partial charge in [-0.2, -0.15) is 18.3 Å². The Morgan fingerprint density at radius 1 is 1.10 bits per heavy atom. The molecule has 2 heterocycles. The van der Waals surface area contributed by atoms with Gasteiger partial charge in [-0.3, -0.25) is 9.59 Å². The average Bonchev–Trinajstić information content (AvgIpc) is 3.09. The fourth-order valence-electron chi connectivity index (χ4n) is 2.53. The summed E-state index contributed by atoms with van der Waals surface area (Å²) in [6.45, 7) is 1.22. The van der Waals surface area contributed by atoms with Crippen LogP contribution >= 0.6 is 34.8 Å². The summed E-state index contributed by atoms with van der Waals surface area (Å²) in [5.41, 5.74) is -1.97. The molecule has 0 bridgehead atoms. The monoisotopic (exact) mass is 476 g/mol. The van der Waals surface area contributed by atoms with E-state index in [1.165, 1.54) is 37.4 Å². The van der Waals surface area contributed by atoms with Gasteiger partial charge in [0.05, 0.1) is 15.7 Å². The zero-order valence-corrected chi connectivity index (χ0v) is 17.2. The van der Waals surface area contributed by atoms with Crippen LogP contribution in [0.5, 0.6) is 0 Å². The van der Waals surface area contributed by atoms with E-state index in [9.17, 15) is 22.8 Å². The quantitative estimate of drug-likeness (QED) is 0.489. The molecule has 0 saturated heterocycles. The van der Waals surface area contributed by atoms with Crippen LogP contribution in [-0.4, -0.2) is 26.5 Å². The van der Waals surface area contributed by atoms with Crippen molar-refractivity contribution in [2.75, 3.05) is 5.32 Å². The van der Waals surface area contributed by atoms with E-state index < -0.39 is 29.3 Å². The van der Waals surface area contributed by atoms with Crippen molar-refractivity contribution in [1.82, 2.24) is 14.8 Å². The smallest absolute Gasteiger partial charge is 0.319 e. The minimum atomic E-state index is -4.83. The molecule has 0 radical (unpaired) electrons. The fraction of sp³-hybridized carbons (Fsp3) is 0.111. The number of rotatable bonds is 4. The van der Waals surface area contributed by atoms with Crippen LogP contribution in [0.25, 0.3) is 5.82 Å². The number of alkyl halides is 3. The lowest BCUT2D eigenvalue weighted by Crippen LogP contribution is -2.19. The van der Waals surface area contributed by atoms with Crippen LogP contribution in [0.15, 0.2) is 36.5 Å². The number of benzene rings is 1. The molecule has 1 N–H and O–H groups in total. The maximum atomic E-state index is 13.2. The summed E-state index contributed by atoms with van der Waals surface area (Å²) < 4.78 is 40.3. The lowest BCUT2D eigenvalue weighted by molar-refractivity contribution is -0.141. The SMILES string of the molecule is CC(=O)c1cc(Cl)cc(Cl)c1NC(=O)c1cc(C(F)(F)F)nn1-c1ncccc1Cl. The number of halogens is 6. The van der Waals surface area contributed by atoms with Crippen LogP contribution in [0.3, 0.4) is 0 Å². The first-order valence-electron chi connectivity index (χ1n) is 8.08. The summed E-state index contributed by atoms with van der Waals surface area (Å²) in [6.07, 6.45) is -3.55. The Kier molecular flexibility index (Phi) is 6.07. The molecule has 0 spiro atoms. The number of hydrogen-bond donors (Lipinski definition) is 1. The number of amides is 1. The molecule has 0 unspecified atom stereocenters. The van der Waals surface area contributed by atoms with Crippen molar-refractivity contribution in [2.24, 2.45) is 0 Å². The first-order chi connectivity index (χ1) is 14.0. The summed E-state index contributed by atoms with van der Waals surface area (Å²) in [5, 5.41) is 5.83. The van der Waals surface area contributed by atoms with Gasteiger partial charge in [-0.1, -0.05) is 34.8 Å². The standard InChI is InChI=1S/C18H10Cl3F3N4O2/c1-8(29)10-5-9(19)6-12(21)15(10)26-17(30)13-7-14(18(22,23)24)27-28(13)16-11(20)3-2-4-25-16/h2-7H,1H3,(H,26,30). The van der Waals surface area contributed by atoms with E-state index in [1.807, 2.05) is 0 Å². The molecule has 0 atom stereocenters. The van der Waals surface area contributed by atoms with Gasteiger partial charge in [0.25, 0.3) is 5.91 Å². The first kappa shape index (κ1) is 22.1. The van der Waals surface area contributed by atoms with Gasteiger partial charge < -0.3 is 5.32 Å². The molecular formula is C18H10Cl3F3N4O2. The maximum absolute atomic E-state index is 13.2. The number of anilines is 1. The summed E-state index contributed by atoms with van der Waals surface area (Å²) in [7, 11) is 0. The third-order valence-electron chi connectivity index (χ3n) is 3.84. The van der Waals surface area contributed by atoms with E-state index in [0.29, 0.717) is 10.7 Å². The minimum absolute atomic E-state index is 0.0150. The minimum Gasteiger partial charge on any atom is -0.319 e. The number of pyridine rings is 1. The van der Waals surface area contributed by atoms with Crippen molar-refractivity contribution in [3.8, 4) is 5.82 Å². The first-order valence-corrected chi connectivity index (χ1v) is 9.22. The molecule has 6 nitrogen and oxygen atoms in total. The predicted molar refractivity (Wildman–Crippen MR) is 106 cm³/mol. The van der Waals surface area contributed by atoms with Crippen LogP contribution in [-0.2, 0) is 6.18 Å². The normalized spacial score (nSPS) is 11.4. The van der Waals surface area contributed by atoms with Crippen molar-refractivity contribution in [1.29, 1.82) is 0 Å². The van der Waals surface area contributed by atoms with Gasteiger partial charge in [0.2, 0.25) is 0 Å². The molecule has 1 amide bonds. The van der Waals surface area contributed by atoms with Gasteiger partial charge in [0, 0.05) is 22.8 Å². The highest BCUT2D eigenvalue weighted by Gasteiger charge is 2.36. The van der Waals surface area contributed by atoms with Gasteiger partial charge in [-0.25, -0.2) is 9.67 Å². The van der Waals surface area contributed by atoms with E-state index in [2.05, 4.69) is 15.4 Å². The van der Waals surface area contributed by atoms with Crippen LogP contribution in [0, 0.1) is 0 Å². The third-order valence-corrected chi connectivity index (χ3v) is 4.66. The number of aromatic nitrogens is 3. The lowest BCUT2D eigenvalue weighted by atomic mass is 10.1. The molecule has 3 aromatic rings. The van der Waals surface area contributed by atoms with Crippen molar-refractivity contribution in [2.45, 2.75) is 13.1 Å². The Hall–Kier alpha value is -2.62. The van der Waals surface area contributed by atoms with Crippen molar-refractivity contribution >= 4 is 52.2 Å². The van der Waals surface area contributed by atoms with E-state index in [4.69, 9.17) is 34.8 Å². The highest BCUT2D eigenvalue weighted by molar-refractivity contribution is 6.38. The van der Waals surface area contributed by atoms with E-state index in [1.54, 1.807) is 0 Å². The largest absolute Gasteiger partial charge is 0.435 e. The Labute approximate surface area is 182 Å². The second kappa shape index (κ2) is 8.25. The zero-order chi connectivity index (χ0) is 22.2. The van der Waals surface area contributed by atoms with E-state index >= 15 is 0 Å². The van der Waals surface area contributed by atoms with Crippen molar-refractivity contribution in [3.63, 3.8) is 0 Å². The van der Waals surface area contributed by atoms with Gasteiger partial charge in [-0.15, -0.1) is 0 Å². The van der Waals surface area contributed by atoms with Gasteiger partial charge in [-0.05, 0) is 31.2 Å². The predicted octanol–water partition coefficient (Wildman–Crippen LogP) is 5.70. The molecular weight excluding hydrogens is 468 g/mol. The summed E-state index contributed by atoms with van der Waals surface area (Å²) in [5.74, 6) is -1.67. The molecule has 3 rings (SSSR count). The summed E-state index contributed by atoms with van der Waals surface area (Å²) in [6, 6.07) is 5.94. The van der Waals surface area contributed by atoms with Crippen LogP contribution in [0.4, 0.5) is 18.9 Å². The highest BCUT2D eigenvalue weighted by Crippen LogP contribution is 2.33. The number of hydrogen-bond acceptors (Lipinski definition) is 4. The van der Waals surface area contributed by atoms with Crippen molar-refractivity contribution < 1.29 is 22.8 Å². The number of nitrogens with zero attached hydrogens (tertiary/aromatic N) is 3. The van der Waals surface area contributed by atoms with E-state index in [-0.39, 0.29) is 32.1 Å². The number of nitrogens with one attached hydrogen (secondary N) is 1. The average molecular weight is 478 g/mol. The number of carbonyl (C=O) groups is 2. The molecule has 0 aliphatic heterocycles. The Morgan fingerprint density at radius 3 is 2.40 bits per heavy atom. The van der Waals surface area contributed by atoms with Crippen molar-refractivity contribution in [3.05, 3.63) is 68.5 Å². The van der Waals surface area contributed by atoms with Crippen LogP contribution in [0.1, 0.15) is 33.5 Å². The third kappa shape index (κ3) is 4.43. The number of ketones is 1. The Balaban J connectivity index is 2.13.